The number of hydrogen-bond donors (Lipinski definition) is 1. The number of rotatable bonds is 6. The number of ether oxygens (including phenoxy) is 1. The fraction of sp³-hybridized carbons (Fsp3) is 0.381. The van der Waals surface area contributed by atoms with E-state index < -0.39 is 0 Å². The molecule has 3 rings (SSSR count). The molecule has 1 aliphatic rings. The van der Waals surface area contributed by atoms with Crippen LogP contribution in [0.3, 0.4) is 0 Å². The molecule has 0 aliphatic carbocycles. The predicted octanol–water partition coefficient (Wildman–Crippen LogP) is 4.29. The molecule has 7 heteroatoms. The normalized spacial score (nSPS) is 14.7. The van der Waals surface area contributed by atoms with Crippen LogP contribution in [0, 0.1) is 5.92 Å². The molecule has 0 fully saturated rings. The minimum Gasteiger partial charge on any atom is -0.482 e. The van der Waals surface area contributed by atoms with Gasteiger partial charge in [-0.1, -0.05) is 26.0 Å². The lowest BCUT2D eigenvalue weighted by molar-refractivity contribution is -0.118. The average molecular weight is 399 g/mol. The van der Waals surface area contributed by atoms with E-state index in [4.69, 9.17) is 9.84 Å². The van der Waals surface area contributed by atoms with Crippen LogP contribution in [0.4, 0.5) is 5.69 Å². The van der Waals surface area contributed by atoms with Crippen molar-refractivity contribution in [2.75, 3.05) is 18.5 Å². The summed E-state index contributed by atoms with van der Waals surface area (Å²) in [6, 6.07) is 5.77. The number of benzene rings is 1. The molecule has 0 saturated carbocycles. The highest BCUT2D eigenvalue weighted by molar-refractivity contribution is 7.07. The Morgan fingerprint density at radius 3 is 2.89 bits per heavy atom. The Morgan fingerprint density at radius 2 is 2.18 bits per heavy atom. The van der Waals surface area contributed by atoms with Crippen LogP contribution in [0.5, 0.6) is 5.75 Å². The first kappa shape index (κ1) is 20.1. The van der Waals surface area contributed by atoms with Crippen molar-refractivity contribution in [1.29, 1.82) is 0 Å². The molecule has 2 heterocycles. The van der Waals surface area contributed by atoms with Crippen molar-refractivity contribution in [2.24, 2.45) is 16.0 Å². The number of anilines is 1. The number of fused-ring (bicyclic) bond motifs is 1. The highest BCUT2D eigenvalue weighted by Gasteiger charge is 2.18. The molecule has 1 amide bonds. The lowest BCUT2D eigenvalue weighted by Gasteiger charge is -2.18. The number of hydrogen-bond acceptors (Lipinski definition) is 5. The largest absolute Gasteiger partial charge is 0.482 e. The molecule has 1 aliphatic heterocycles. The van der Waals surface area contributed by atoms with Crippen molar-refractivity contribution < 1.29 is 9.53 Å². The van der Waals surface area contributed by atoms with Gasteiger partial charge in [-0.15, -0.1) is 11.3 Å². The molecule has 2 aromatic rings. The second kappa shape index (κ2) is 8.56. The van der Waals surface area contributed by atoms with Gasteiger partial charge >= 0.3 is 0 Å². The first-order valence-electron chi connectivity index (χ1n) is 9.30. The summed E-state index contributed by atoms with van der Waals surface area (Å²) in [5.74, 6) is 1.06. The molecular weight excluding hydrogens is 372 g/mol. The standard InChI is InChI=1S/C21H26N4O2S/c1-13(2)8-15(5)24-25-18(12-28-21(25)22-10-14(3)4)16-6-7-19-17(9-16)23-20(26)11-27-19/h6-7,9,12-13H,3,8,10-11H2,1-2,4-5H3,(H,23,26). The van der Waals surface area contributed by atoms with E-state index in [1.165, 1.54) is 0 Å². The predicted molar refractivity (Wildman–Crippen MR) is 115 cm³/mol. The first-order valence-corrected chi connectivity index (χ1v) is 10.2. The maximum absolute atomic E-state index is 11.7. The van der Waals surface area contributed by atoms with Crippen molar-refractivity contribution in [2.45, 2.75) is 34.1 Å². The van der Waals surface area contributed by atoms with Gasteiger partial charge < -0.3 is 10.1 Å². The second-order valence-corrected chi connectivity index (χ2v) is 8.31. The summed E-state index contributed by atoms with van der Waals surface area (Å²) in [5.41, 5.74) is 4.59. The van der Waals surface area contributed by atoms with E-state index in [2.05, 4.69) is 30.7 Å². The molecule has 148 valence electrons. The Hall–Kier alpha value is -2.67. The van der Waals surface area contributed by atoms with Crippen LogP contribution < -0.4 is 14.9 Å². The van der Waals surface area contributed by atoms with Gasteiger partial charge in [0, 0.05) is 16.7 Å². The van der Waals surface area contributed by atoms with Crippen LogP contribution in [0.25, 0.3) is 11.3 Å². The Kier molecular flexibility index (Phi) is 6.14. The van der Waals surface area contributed by atoms with Gasteiger partial charge in [0.1, 0.15) is 5.75 Å². The highest BCUT2D eigenvalue weighted by Crippen LogP contribution is 2.32. The lowest BCUT2D eigenvalue weighted by Crippen LogP contribution is -2.25. The number of carbonyl (C=O) groups excluding carboxylic acids is 1. The fourth-order valence-corrected chi connectivity index (χ4v) is 3.78. The van der Waals surface area contributed by atoms with Gasteiger partial charge in [-0.3, -0.25) is 9.79 Å². The molecular formula is C21H26N4O2S. The molecule has 0 unspecified atom stereocenters. The summed E-state index contributed by atoms with van der Waals surface area (Å²) >= 11 is 1.54. The molecule has 28 heavy (non-hydrogen) atoms. The minimum atomic E-state index is -0.147. The quantitative estimate of drug-likeness (QED) is 0.582. The van der Waals surface area contributed by atoms with E-state index in [1.54, 1.807) is 11.3 Å². The van der Waals surface area contributed by atoms with Gasteiger partial charge in [0.25, 0.3) is 5.91 Å². The lowest BCUT2D eigenvalue weighted by atomic mass is 10.1. The summed E-state index contributed by atoms with van der Waals surface area (Å²) in [6.45, 7) is 12.9. The zero-order valence-electron chi connectivity index (χ0n) is 16.8. The maximum atomic E-state index is 11.7. The third-order valence-electron chi connectivity index (χ3n) is 4.05. The van der Waals surface area contributed by atoms with Gasteiger partial charge in [-0.25, -0.2) is 4.68 Å². The van der Waals surface area contributed by atoms with E-state index in [0.717, 1.165) is 33.8 Å². The van der Waals surface area contributed by atoms with Crippen LogP contribution in [-0.4, -0.2) is 29.4 Å². The number of aromatic nitrogens is 1. The molecule has 6 nitrogen and oxygen atoms in total. The van der Waals surface area contributed by atoms with Crippen LogP contribution in [0.1, 0.15) is 34.1 Å². The van der Waals surface area contributed by atoms with Gasteiger partial charge in [-0.05, 0) is 44.4 Å². The van der Waals surface area contributed by atoms with Gasteiger partial charge in [0.05, 0.1) is 17.9 Å². The van der Waals surface area contributed by atoms with E-state index in [9.17, 15) is 4.79 Å². The SMILES string of the molecule is C=C(C)CN=c1scc(-c2ccc3c(c2)NC(=O)CO3)n1N=C(C)CC(C)C. The molecule has 1 aromatic carbocycles. The number of nitrogens with one attached hydrogen (secondary N) is 1. The van der Waals surface area contributed by atoms with E-state index >= 15 is 0 Å². The minimum absolute atomic E-state index is 0.0490. The Balaban J connectivity index is 2.08. The topological polar surface area (TPSA) is 68.0 Å². The zero-order valence-corrected chi connectivity index (χ0v) is 17.6. The summed E-state index contributed by atoms with van der Waals surface area (Å²) in [7, 11) is 0. The van der Waals surface area contributed by atoms with Crippen LogP contribution in [0.15, 0.2) is 45.8 Å². The van der Waals surface area contributed by atoms with E-state index in [0.29, 0.717) is 23.9 Å². The molecule has 0 bridgehead atoms. The zero-order chi connectivity index (χ0) is 20.3. The summed E-state index contributed by atoms with van der Waals surface area (Å²) in [6.07, 6.45) is 0.913. The maximum Gasteiger partial charge on any atom is 0.262 e. The molecule has 0 saturated heterocycles. The molecule has 0 radical (unpaired) electrons. The number of thiazole rings is 1. The monoisotopic (exact) mass is 398 g/mol. The average Bonchev–Trinajstić information content (AvgIpc) is 3.01. The van der Waals surface area contributed by atoms with Gasteiger partial charge in [0.15, 0.2) is 6.61 Å². The Morgan fingerprint density at radius 1 is 1.39 bits per heavy atom. The van der Waals surface area contributed by atoms with Crippen molar-refractivity contribution in [3.05, 3.63) is 40.5 Å². The third-order valence-corrected chi connectivity index (χ3v) is 4.91. The van der Waals surface area contributed by atoms with Crippen LogP contribution in [0.2, 0.25) is 0 Å². The fourth-order valence-electron chi connectivity index (χ4n) is 2.95. The van der Waals surface area contributed by atoms with Crippen molar-refractivity contribution in [3.8, 4) is 17.0 Å². The molecule has 1 aromatic heterocycles. The summed E-state index contributed by atoms with van der Waals surface area (Å²) in [4.78, 5) is 17.1. The van der Waals surface area contributed by atoms with Crippen molar-refractivity contribution >= 4 is 28.6 Å². The second-order valence-electron chi connectivity index (χ2n) is 7.47. The van der Waals surface area contributed by atoms with Crippen molar-refractivity contribution in [1.82, 2.24) is 4.68 Å². The Labute approximate surface area is 169 Å². The highest BCUT2D eigenvalue weighted by atomic mass is 32.1. The molecule has 0 spiro atoms. The third kappa shape index (κ3) is 4.78. The first-order chi connectivity index (χ1) is 13.3. The summed E-state index contributed by atoms with van der Waals surface area (Å²) < 4.78 is 7.35. The number of nitrogens with zero attached hydrogens (tertiary/aromatic N) is 3. The smallest absolute Gasteiger partial charge is 0.262 e. The van der Waals surface area contributed by atoms with Crippen LogP contribution in [-0.2, 0) is 4.79 Å². The van der Waals surface area contributed by atoms with Crippen molar-refractivity contribution in [3.63, 3.8) is 0 Å². The van der Waals surface area contributed by atoms with E-state index in [-0.39, 0.29) is 12.5 Å². The van der Waals surface area contributed by atoms with Gasteiger partial charge in [-0.2, -0.15) is 5.10 Å². The number of carbonyl (C=O) groups is 1. The van der Waals surface area contributed by atoms with E-state index in [1.807, 2.05) is 42.1 Å². The summed E-state index contributed by atoms with van der Waals surface area (Å²) in [5, 5.41) is 9.74. The van der Waals surface area contributed by atoms with Gasteiger partial charge in [0.2, 0.25) is 4.80 Å². The number of amides is 1. The van der Waals surface area contributed by atoms with Crippen LogP contribution >= 0.6 is 11.3 Å². The Bertz CT molecular complexity index is 998. The molecule has 0 atom stereocenters. The molecule has 1 N–H and O–H groups in total.